The molecule has 1 saturated heterocycles. The van der Waals surface area contributed by atoms with Crippen molar-refractivity contribution in [2.24, 2.45) is 5.92 Å². The Bertz CT molecular complexity index is 368. The van der Waals surface area contributed by atoms with Crippen molar-refractivity contribution >= 4 is 11.8 Å². The lowest BCUT2D eigenvalue weighted by Gasteiger charge is -2.22. The van der Waals surface area contributed by atoms with Crippen LogP contribution in [0.15, 0.2) is 5.16 Å². The first-order valence-corrected chi connectivity index (χ1v) is 8.03. The van der Waals surface area contributed by atoms with E-state index in [4.69, 9.17) is 0 Å². The van der Waals surface area contributed by atoms with Crippen LogP contribution in [0.5, 0.6) is 0 Å². The second-order valence-corrected chi connectivity index (χ2v) is 6.35. The van der Waals surface area contributed by atoms with E-state index in [-0.39, 0.29) is 0 Å². The van der Waals surface area contributed by atoms with Crippen molar-refractivity contribution in [3.05, 3.63) is 0 Å². The summed E-state index contributed by atoms with van der Waals surface area (Å²) in [4.78, 5) is 0. The highest BCUT2D eigenvalue weighted by molar-refractivity contribution is 7.99. The summed E-state index contributed by atoms with van der Waals surface area (Å²) in [6, 6.07) is 0.548. The molecule has 1 aromatic heterocycles. The third-order valence-electron chi connectivity index (χ3n) is 3.98. The highest BCUT2D eigenvalue weighted by atomic mass is 32.2. The molecule has 3 rings (SSSR count). The molecule has 1 aliphatic carbocycles. The van der Waals surface area contributed by atoms with Gasteiger partial charge in [0.05, 0.1) is 6.04 Å². The molecule has 1 unspecified atom stereocenters. The van der Waals surface area contributed by atoms with Crippen molar-refractivity contribution in [3.63, 3.8) is 0 Å². The van der Waals surface area contributed by atoms with Crippen LogP contribution < -0.4 is 5.32 Å². The van der Waals surface area contributed by atoms with Crippen LogP contribution in [-0.4, -0.2) is 39.0 Å². The van der Waals surface area contributed by atoms with E-state index in [1.165, 1.54) is 45.1 Å². The Labute approximate surface area is 112 Å². The molecule has 5 nitrogen and oxygen atoms in total. The summed E-state index contributed by atoms with van der Waals surface area (Å²) in [6.07, 6.45) is 7.76. The molecular weight excluding hydrogens is 246 g/mol. The zero-order valence-electron chi connectivity index (χ0n) is 10.7. The Balaban J connectivity index is 1.56. The van der Waals surface area contributed by atoms with E-state index >= 15 is 0 Å². The van der Waals surface area contributed by atoms with Gasteiger partial charge in [-0.3, -0.25) is 0 Å². The normalized spacial score (nSPS) is 25.7. The van der Waals surface area contributed by atoms with Crippen molar-refractivity contribution in [1.82, 2.24) is 25.5 Å². The monoisotopic (exact) mass is 267 g/mol. The number of thioether (sulfide) groups is 1. The third kappa shape index (κ3) is 2.85. The van der Waals surface area contributed by atoms with Crippen LogP contribution in [0.3, 0.4) is 0 Å². The van der Waals surface area contributed by atoms with Gasteiger partial charge in [-0.05, 0) is 55.1 Å². The molecule has 0 spiro atoms. The van der Waals surface area contributed by atoms with E-state index in [1.54, 1.807) is 0 Å². The highest BCUT2D eigenvalue weighted by Crippen LogP contribution is 2.32. The largest absolute Gasteiger partial charge is 0.316 e. The Kier molecular flexibility index (Phi) is 4.15. The van der Waals surface area contributed by atoms with Crippen molar-refractivity contribution in [1.29, 1.82) is 0 Å². The van der Waals surface area contributed by atoms with E-state index in [2.05, 4.69) is 25.5 Å². The third-order valence-corrected chi connectivity index (χ3v) is 5.15. The molecule has 2 heterocycles. The summed E-state index contributed by atoms with van der Waals surface area (Å²) >= 11 is 1.83. The van der Waals surface area contributed by atoms with Gasteiger partial charge < -0.3 is 5.32 Å². The van der Waals surface area contributed by atoms with E-state index in [1.807, 2.05) is 11.8 Å². The van der Waals surface area contributed by atoms with Crippen LogP contribution in [0.4, 0.5) is 0 Å². The van der Waals surface area contributed by atoms with Gasteiger partial charge in [-0.2, -0.15) is 0 Å². The lowest BCUT2D eigenvalue weighted by atomic mass is 10.0. The molecule has 0 bridgehead atoms. The van der Waals surface area contributed by atoms with Gasteiger partial charge in [0.25, 0.3) is 0 Å². The van der Waals surface area contributed by atoms with Crippen LogP contribution >= 0.6 is 11.8 Å². The molecular formula is C12H21N5S. The Morgan fingerprint density at radius 1 is 1.22 bits per heavy atom. The lowest BCUT2D eigenvalue weighted by Crippen LogP contribution is -2.31. The minimum Gasteiger partial charge on any atom is -0.316 e. The molecule has 0 amide bonds. The van der Waals surface area contributed by atoms with Crippen molar-refractivity contribution in [2.75, 3.05) is 18.8 Å². The SMILES string of the molecule is C1CNCC(CSc2nnnn2C2CCCC2)C1. The number of nitrogens with zero attached hydrogens (tertiary/aromatic N) is 4. The van der Waals surface area contributed by atoms with Gasteiger partial charge in [0.2, 0.25) is 5.16 Å². The fourth-order valence-corrected chi connectivity index (χ4v) is 4.00. The predicted molar refractivity (Wildman–Crippen MR) is 71.6 cm³/mol. The molecule has 100 valence electrons. The molecule has 2 fully saturated rings. The number of hydrogen-bond acceptors (Lipinski definition) is 5. The Morgan fingerprint density at radius 2 is 2.11 bits per heavy atom. The average molecular weight is 267 g/mol. The molecule has 0 radical (unpaired) electrons. The zero-order valence-corrected chi connectivity index (χ0v) is 11.5. The van der Waals surface area contributed by atoms with Gasteiger partial charge in [-0.25, -0.2) is 4.68 Å². The number of tetrazole rings is 1. The summed E-state index contributed by atoms with van der Waals surface area (Å²) in [7, 11) is 0. The van der Waals surface area contributed by atoms with Gasteiger partial charge in [0, 0.05) is 5.75 Å². The molecule has 2 aliphatic rings. The Hall–Kier alpha value is -0.620. The van der Waals surface area contributed by atoms with Crippen molar-refractivity contribution < 1.29 is 0 Å². The number of piperidine rings is 1. The first-order chi connectivity index (χ1) is 8.93. The molecule has 6 heteroatoms. The summed E-state index contributed by atoms with van der Waals surface area (Å²) < 4.78 is 2.06. The Morgan fingerprint density at radius 3 is 2.89 bits per heavy atom. The van der Waals surface area contributed by atoms with Crippen LogP contribution in [0.1, 0.15) is 44.6 Å². The van der Waals surface area contributed by atoms with Gasteiger partial charge in [0.1, 0.15) is 0 Å². The minimum absolute atomic E-state index is 0.548. The molecule has 0 aromatic carbocycles. The standard InChI is InChI=1S/C12H21N5S/c1-2-6-11(5-1)17-12(14-15-16-17)18-9-10-4-3-7-13-8-10/h10-11,13H,1-9H2. The molecule has 18 heavy (non-hydrogen) atoms. The molecule has 1 saturated carbocycles. The maximum absolute atomic E-state index is 4.19. The maximum atomic E-state index is 4.19. The average Bonchev–Trinajstić information content (AvgIpc) is 3.08. The van der Waals surface area contributed by atoms with Crippen LogP contribution in [-0.2, 0) is 0 Å². The van der Waals surface area contributed by atoms with Crippen molar-refractivity contribution in [3.8, 4) is 0 Å². The second kappa shape index (κ2) is 6.02. The van der Waals surface area contributed by atoms with Crippen LogP contribution in [0, 0.1) is 5.92 Å². The fourth-order valence-electron chi connectivity index (χ4n) is 2.92. The summed E-state index contributed by atoms with van der Waals surface area (Å²) in [5, 5.41) is 16.7. The number of hydrogen-bond donors (Lipinski definition) is 1. The first kappa shape index (κ1) is 12.4. The van der Waals surface area contributed by atoms with E-state index in [0.29, 0.717) is 6.04 Å². The summed E-state index contributed by atoms with van der Waals surface area (Å²) in [5.74, 6) is 1.91. The predicted octanol–water partition coefficient (Wildman–Crippen LogP) is 1.88. The van der Waals surface area contributed by atoms with Gasteiger partial charge in [-0.15, -0.1) is 5.10 Å². The number of nitrogens with one attached hydrogen (secondary N) is 1. The number of rotatable bonds is 4. The van der Waals surface area contributed by atoms with Gasteiger partial charge >= 0.3 is 0 Å². The van der Waals surface area contributed by atoms with E-state index in [9.17, 15) is 0 Å². The highest BCUT2D eigenvalue weighted by Gasteiger charge is 2.22. The first-order valence-electron chi connectivity index (χ1n) is 7.05. The molecule has 1 aromatic rings. The fraction of sp³-hybridized carbons (Fsp3) is 0.917. The maximum Gasteiger partial charge on any atom is 0.209 e. The van der Waals surface area contributed by atoms with E-state index in [0.717, 1.165) is 23.4 Å². The van der Waals surface area contributed by atoms with Crippen LogP contribution in [0.2, 0.25) is 0 Å². The van der Waals surface area contributed by atoms with Crippen LogP contribution in [0.25, 0.3) is 0 Å². The number of aromatic nitrogens is 4. The quantitative estimate of drug-likeness (QED) is 0.844. The zero-order chi connectivity index (χ0) is 12.2. The molecule has 1 N–H and O–H groups in total. The summed E-state index contributed by atoms with van der Waals surface area (Å²) in [5.41, 5.74) is 0. The van der Waals surface area contributed by atoms with Gasteiger partial charge in [0.15, 0.2) is 0 Å². The summed E-state index contributed by atoms with van der Waals surface area (Å²) in [6.45, 7) is 2.33. The smallest absolute Gasteiger partial charge is 0.209 e. The van der Waals surface area contributed by atoms with E-state index < -0.39 is 0 Å². The molecule has 1 aliphatic heterocycles. The topological polar surface area (TPSA) is 55.6 Å². The lowest BCUT2D eigenvalue weighted by molar-refractivity contribution is 0.407. The van der Waals surface area contributed by atoms with Crippen molar-refractivity contribution in [2.45, 2.75) is 49.7 Å². The minimum atomic E-state index is 0.548. The molecule has 1 atom stereocenters. The van der Waals surface area contributed by atoms with Gasteiger partial charge in [-0.1, -0.05) is 24.6 Å². The second-order valence-electron chi connectivity index (χ2n) is 5.37.